The van der Waals surface area contributed by atoms with E-state index < -0.39 is 0 Å². The van der Waals surface area contributed by atoms with Crippen LogP contribution >= 0.6 is 0 Å². The maximum atomic E-state index is 12.7. The highest BCUT2D eigenvalue weighted by molar-refractivity contribution is 5.87. The third-order valence-electron chi connectivity index (χ3n) is 7.61. The largest absolute Gasteiger partial charge is 0.369 e. The fourth-order valence-corrected chi connectivity index (χ4v) is 5.34. The zero-order valence-electron chi connectivity index (χ0n) is 22.3. The minimum Gasteiger partial charge on any atom is -0.369 e. The Bertz CT molecular complexity index is 1310. The normalized spacial score (nSPS) is 14.8. The first-order valence-electron chi connectivity index (χ1n) is 14.0. The predicted molar refractivity (Wildman–Crippen MR) is 154 cm³/mol. The van der Waals surface area contributed by atoms with Crippen molar-refractivity contribution in [3.63, 3.8) is 0 Å². The van der Waals surface area contributed by atoms with Crippen LogP contribution in [0, 0.1) is 0 Å². The fraction of sp³-hybridized carbons (Fsp3) is 0.467. The molecule has 1 aromatic heterocycles. The molecule has 1 saturated heterocycles. The second-order valence-corrected chi connectivity index (χ2v) is 10.2. The molecule has 196 valence electrons. The summed E-state index contributed by atoms with van der Waals surface area (Å²) in [6.45, 7) is 13.6. The molecule has 3 aliphatic rings. The van der Waals surface area contributed by atoms with Gasteiger partial charge in [0.15, 0.2) is 0 Å². The van der Waals surface area contributed by atoms with Gasteiger partial charge in [0.1, 0.15) is 5.82 Å². The number of hydrogen-bond acceptors (Lipinski definition) is 5. The summed E-state index contributed by atoms with van der Waals surface area (Å²) in [4.78, 5) is 31.6. The smallest absolute Gasteiger partial charge is 0.260 e. The lowest BCUT2D eigenvalue weighted by molar-refractivity contribution is 0.193. The molecule has 5 rings (SSSR count). The number of fused-ring (bicyclic) bond motifs is 2. The Morgan fingerprint density at radius 3 is 2.41 bits per heavy atom. The zero-order chi connectivity index (χ0) is 25.6. The molecular weight excluding hydrogens is 460 g/mol. The number of nitrogens with one attached hydrogen (secondary N) is 2. The summed E-state index contributed by atoms with van der Waals surface area (Å²) in [6, 6.07) is 16.1. The predicted octanol–water partition coefficient (Wildman–Crippen LogP) is 5.05. The van der Waals surface area contributed by atoms with Crippen LogP contribution in [-0.2, 0) is 0 Å². The Morgan fingerprint density at radius 1 is 0.892 bits per heavy atom. The third kappa shape index (κ3) is 5.89. The number of benzene rings is 1. The number of aromatic nitrogens is 3. The van der Waals surface area contributed by atoms with Gasteiger partial charge in [0.05, 0.1) is 16.6 Å². The Kier molecular flexibility index (Phi) is 8.21. The molecule has 37 heavy (non-hydrogen) atoms. The SMILES string of the molecule is CCCCN(CCCC)CCN1CCN(c2ccc3nc(-c4c5cccccc-5[nH]c4=O)[nH]c3c2)CC1. The van der Waals surface area contributed by atoms with Gasteiger partial charge in [-0.3, -0.25) is 9.69 Å². The van der Waals surface area contributed by atoms with Crippen molar-refractivity contribution in [3.8, 4) is 22.6 Å². The van der Waals surface area contributed by atoms with Gasteiger partial charge in [-0.1, -0.05) is 51.0 Å². The van der Waals surface area contributed by atoms with Crippen LogP contribution in [0.3, 0.4) is 0 Å². The highest BCUT2D eigenvalue weighted by atomic mass is 16.1. The van der Waals surface area contributed by atoms with E-state index in [1.807, 2.05) is 30.3 Å². The molecule has 3 heterocycles. The number of piperazine rings is 1. The molecule has 2 aromatic rings. The van der Waals surface area contributed by atoms with Crippen LogP contribution in [0.5, 0.6) is 0 Å². The van der Waals surface area contributed by atoms with Gasteiger partial charge in [0.2, 0.25) is 0 Å². The molecule has 7 nitrogen and oxygen atoms in total. The number of nitrogens with zero attached hydrogens (tertiary/aromatic N) is 4. The monoisotopic (exact) mass is 500 g/mol. The molecule has 0 amide bonds. The zero-order valence-corrected chi connectivity index (χ0v) is 22.3. The van der Waals surface area contributed by atoms with Crippen molar-refractivity contribution in [2.24, 2.45) is 0 Å². The summed E-state index contributed by atoms with van der Waals surface area (Å²) >= 11 is 0. The first-order chi connectivity index (χ1) is 18.2. The van der Waals surface area contributed by atoms with Crippen molar-refractivity contribution in [1.29, 1.82) is 0 Å². The molecule has 1 aromatic carbocycles. The number of H-pyrrole nitrogens is 2. The second-order valence-electron chi connectivity index (χ2n) is 10.2. The fourth-order valence-electron chi connectivity index (χ4n) is 5.34. The van der Waals surface area contributed by atoms with Crippen LogP contribution in [0.25, 0.3) is 33.7 Å². The molecule has 0 spiro atoms. The van der Waals surface area contributed by atoms with Gasteiger partial charge in [-0.15, -0.1) is 0 Å². The standard InChI is InChI=1S/C30H40N6O/c1-3-5-14-34(15-6-4-2)16-17-35-18-20-36(21-19-35)23-12-13-26-27(22-23)32-29(31-26)28-24-10-8-7-9-11-25(24)33-30(28)37/h7-13,22H,3-6,14-21H2,1-2H3,(H,31,32)(H,33,37). The lowest BCUT2D eigenvalue weighted by Gasteiger charge is -2.37. The molecule has 0 saturated carbocycles. The quantitative estimate of drug-likeness (QED) is 0.302. The molecule has 0 radical (unpaired) electrons. The summed E-state index contributed by atoms with van der Waals surface area (Å²) < 4.78 is 0. The van der Waals surface area contributed by atoms with Crippen molar-refractivity contribution >= 4 is 16.7 Å². The number of hydrogen-bond donors (Lipinski definition) is 2. The van der Waals surface area contributed by atoms with E-state index in [1.54, 1.807) is 0 Å². The number of anilines is 1. The Labute approximate surface area is 219 Å². The summed E-state index contributed by atoms with van der Waals surface area (Å²) in [5, 5.41) is 0. The molecule has 2 N–H and O–H groups in total. The number of imidazole rings is 1. The average molecular weight is 501 g/mol. The van der Waals surface area contributed by atoms with Crippen LogP contribution in [-0.4, -0.2) is 77.1 Å². The summed E-state index contributed by atoms with van der Waals surface area (Å²) in [5.74, 6) is 0.620. The maximum absolute atomic E-state index is 12.7. The first-order valence-corrected chi connectivity index (χ1v) is 14.0. The van der Waals surface area contributed by atoms with E-state index >= 15 is 0 Å². The first kappa shape index (κ1) is 25.5. The van der Waals surface area contributed by atoms with E-state index in [1.165, 1.54) is 51.0 Å². The molecule has 7 heteroatoms. The van der Waals surface area contributed by atoms with Crippen LogP contribution in [0.2, 0.25) is 0 Å². The second kappa shape index (κ2) is 11.9. The molecule has 0 unspecified atom stereocenters. The Balaban J connectivity index is 1.23. The van der Waals surface area contributed by atoms with Gasteiger partial charge in [0.25, 0.3) is 5.56 Å². The molecular formula is C30H40N6O. The van der Waals surface area contributed by atoms with Crippen LogP contribution in [0.15, 0.2) is 53.3 Å². The summed E-state index contributed by atoms with van der Waals surface area (Å²) in [5.41, 5.74) is 5.25. The van der Waals surface area contributed by atoms with E-state index in [-0.39, 0.29) is 5.56 Å². The van der Waals surface area contributed by atoms with Crippen LogP contribution < -0.4 is 10.5 Å². The highest BCUT2D eigenvalue weighted by Crippen LogP contribution is 2.30. The molecule has 2 aliphatic heterocycles. The molecule has 1 aliphatic carbocycles. The minimum atomic E-state index is -0.112. The van der Waals surface area contributed by atoms with Gasteiger partial charge in [-0.05, 0) is 50.2 Å². The van der Waals surface area contributed by atoms with Crippen LogP contribution in [0.4, 0.5) is 5.69 Å². The van der Waals surface area contributed by atoms with Crippen molar-refractivity contribution < 1.29 is 0 Å². The third-order valence-corrected chi connectivity index (χ3v) is 7.61. The van der Waals surface area contributed by atoms with Crippen molar-refractivity contribution in [2.75, 3.05) is 57.3 Å². The van der Waals surface area contributed by atoms with Gasteiger partial charge < -0.3 is 19.8 Å². The van der Waals surface area contributed by atoms with Gasteiger partial charge in [0, 0.05) is 56.2 Å². The average Bonchev–Trinajstić information content (AvgIpc) is 3.39. The maximum Gasteiger partial charge on any atom is 0.260 e. The highest BCUT2D eigenvalue weighted by Gasteiger charge is 2.21. The number of rotatable bonds is 11. The van der Waals surface area contributed by atoms with Crippen molar-refractivity contribution in [2.45, 2.75) is 39.5 Å². The summed E-state index contributed by atoms with van der Waals surface area (Å²) in [6.07, 6.45) is 5.12. The molecule has 0 bridgehead atoms. The van der Waals surface area contributed by atoms with Crippen LogP contribution in [0.1, 0.15) is 39.5 Å². The van der Waals surface area contributed by atoms with E-state index in [4.69, 9.17) is 4.98 Å². The van der Waals surface area contributed by atoms with E-state index in [0.29, 0.717) is 11.4 Å². The number of unbranched alkanes of at least 4 members (excludes halogenated alkanes) is 2. The lowest BCUT2D eigenvalue weighted by Crippen LogP contribution is -2.48. The lowest BCUT2D eigenvalue weighted by atomic mass is 10.1. The van der Waals surface area contributed by atoms with E-state index in [9.17, 15) is 4.79 Å². The topological polar surface area (TPSA) is 71.3 Å². The van der Waals surface area contributed by atoms with Gasteiger partial charge >= 0.3 is 0 Å². The number of aromatic amines is 2. The van der Waals surface area contributed by atoms with E-state index in [2.05, 4.69) is 56.7 Å². The summed E-state index contributed by atoms with van der Waals surface area (Å²) in [7, 11) is 0. The van der Waals surface area contributed by atoms with Gasteiger partial charge in [-0.25, -0.2) is 4.98 Å². The van der Waals surface area contributed by atoms with E-state index in [0.717, 1.165) is 55.0 Å². The minimum absolute atomic E-state index is 0.112. The molecule has 0 atom stereocenters. The molecule has 1 fully saturated rings. The van der Waals surface area contributed by atoms with Gasteiger partial charge in [-0.2, -0.15) is 0 Å². The van der Waals surface area contributed by atoms with Crippen molar-refractivity contribution in [1.82, 2.24) is 24.8 Å². The van der Waals surface area contributed by atoms with Crippen molar-refractivity contribution in [3.05, 3.63) is 58.9 Å². The Hall–Kier alpha value is -3.16. The Morgan fingerprint density at radius 2 is 1.65 bits per heavy atom.